The minimum atomic E-state index is -3.15. The lowest BCUT2D eigenvalue weighted by atomic mass is 10.2. The Bertz CT molecular complexity index is 646. The summed E-state index contributed by atoms with van der Waals surface area (Å²) in [7, 11) is -3.15. The fourth-order valence-corrected chi connectivity index (χ4v) is 3.31. The summed E-state index contributed by atoms with van der Waals surface area (Å²) in [6.07, 6.45) is 0. The summed E-state index contributed by atoms with van der Waals surface area (Å²) in [6, 6.07) is 10.4. The van der Waals surface area contributed by atoms with E-state index in [1.165, 1.54) is 5.69 Å². The molecule has 9 heteroatoms. The summed E-state index contributed by atoms with van der Waals surface area (Å²) in [5.74, 6) is 0.948. The Hall–Kier alpha value is -1.07. The van der Waals surface area contributed by atoms with Crippen LogP contribution in [0, 0.1) is 0 Å². The van der Waals surface area contributed by atoms with Crippen molar-refractivity contribution in [2.75, 3.05) is 56.5 Å². The van der Waals surface area contributed by atoms with Gasteiger partial charge in [-0.1, -0.05) is 18.2 Å². The van der Waals surface area contributed by atoms with E-state index in [1.807, 2.05) is 13.0 Å². The first-order valence-electron chi connectivity index (χ1n) is 8.86. The molecule has 2 rings (SSSR count). The quantitative estimate of drug-likeness (QED) is 0.259. The highest BCUT2D eigenvalue weighted by molar-refractivity contribution is 14.0. The number of rotatable bonds is 7. The van der Waals surface area contributed by atoms with Gasteiger partial charge in [-0.3, -0.25) is 4.99 Å². The first kappa shape index (κ1) is 23.0. The molecule has 0 spiro atoms. The average molecular weight is 495 g/mol. The van der Waals surface area contributed by atoms with E-state index in [0.717, 1.165) is 38.7 Å². The van der Waals surface area contributed by atoms with Crippen molar-refractivity contribution in [3.05, 3.63) is 30.3 Å². The minimum Gasteiger partial charge on any atom is -0.368 e. The Kier molecular flexibility index (Phi) is 10.3. The van der Waals surface area contributed by atoms with Crippen molar-refractivity contribution < 1.29 is 8.42 Å². The van der Waals surface area contributed by atoms with Crippen molar-refractivity contribution >= 4 is 45.6 Å². The zero-order valence-corrected chi connectivity index (χ0v) is 18.7. The molecule has 2 N–H and O–H groups in total. The number of hydrogen-bond donors (Lipinski definition) is 2. The largest absolute Gasteiger partial charge is 0.368 e. The molecule has 0 unspecified atom stereocenters. The summed E-state index contributed by atoms with van der Waals surface area (Å²) in [5, 5.41) is 3.30. The maximum Gasteiger partial charge on any atom is 0.211 e. The predicted molar refractivity (Wildman–Crippen MR) is 119 cm³/mol. The number of hydrogen-bond acceptors (Lipinski definition) is 4. The SMILES string of the molecule is CCNC(=NCCNS(=O)(=O)CC)N1CCN(c2ccccc2)CC1.I. The average Bonchev–Trinajstić information content (AvgIpc) is 2.65. The number of guanidine groups is 1. The molecule has 0 amide bonds. The zero-order chi connectivity index (χ0) is 18.1. The smallest absolute Gasteiger partial charge is 0.211 e. The lowest BCUT2D eigenvalue weighted by molar-refractivity contribution is 0.372. The van der Waals surface area contributed by atoms with E-state index in [-0.39, 0.29) is 29.7 Å². The molecule has 0 bridgehead atoms. The Balaban J connectivity index is 0.00000338. The molecule has 0 aromatic heterocycles. The number of anilines is 1. The van der Waals surface area contributed by atoms with Gasteiger partial charge in [-0.2, -0.15) is 0 Å². The van der Waals surface area contributed by atoms with Crippen LogP contribution in [0.4, 0.5) is 5.69 Å². The van der Waals surface area contributed by atoms with Crippen LogP contribution < -0.4 is 14.9 Å². The highest BCUT2D eigenvalue weighted by Crippen LogP contribution is 2.15. The van der Waals surface area contributed by atoms with Crippen molar-refractivity contribution in [3.8, 4) is 0 Å². The van der Waals surface area contributed by atoms with Gasteiger partial charge in [0.15, 0.2) is 5.96 Å². The number of halogens is 1. The first-order chi connectivity index (χ1) is 12.1. The molecule has 1 aromatic rings. The number of aliphatic imine (C=N–C) groups is 1. The van der Waals surface area contributed by atoms with E-state index in [1.54, 1.807) is 6.92 Å². The van der Waals surface area contributed by atoms with Gasteiger partial charge in [0.2, 0.25) is 10.0 Å². The molecule has 148 valence electrons. The van der Waals surface area contributed by atoms with Crippen LogP contribution in [0.5, 0.6) is 0 Å². The Morgan fingerprint density at radius 1 is 1.12 bits per heavy atom. The van der Waals surface area contributed by atoms with Gasteiger partial charge < -0.3 is 15.1 Å². The molecule has 0 aliphatic carbocycles. The third-order valence-electron chi connectivity index (χ3n) is 4.11. The lowest BCUT2D eigenvalue weighted by Crippen LogP contribution is -2.52. The number of nitrogens with one attached hydrogen (secondary N) is 2. The minimum absolute atomic E-state index is 0. The number of sulfonamides is 1. The summed E-state index contributed by atoms with van der Waals surface area (Å²) in [6.45, 7) is 8.88. The normalized spacial score (nSPS) is 15.5. The lowest BCUT2D eigenvalue weighted by Gasteiger charge is -2.37. The topological polar surface area (TPSA) is 77.0 Å². The number of para-hydroxylation sites is 1. The molecule has 1 fully saturated rings. The number of piperazine rings is 1. The van der Waals surface area contributed by atoms with Crippen molar-refractivity contribution in [1.82, 2.24) is 14.9 Å². The van der Waals surface area contributed by atoms with Gasteiger partial charge in [0.05, 0.1) is 12.3 Å². The summed E-state index contributed by atoms with van der Waals surface area (Å²) in [4.78, 5) is 9.16. The molecule has 0 saturated carbocycles. The predicted octanol–water partition coefficient (Wildman–Crippen LogP) is 1.33. The van der Waals surface area contributed by atoms with Gasteiger partial charge in [0, 0.05) is 45.0 Å². The van der Waals surface area contributed by atoms with Crippen molar-refractivity contribution in [3.63, 3.8) is 0 Å². The molecule has 1 aliphatic rings. The van der Waals surface area contributed by atoms with Crippen LogP contribution in [0.1, 0.15) is 13.8 Å². The second kappa shape index (κ2) is 11.6. The number of benzene rings is 1. The van der Waals surface area contributed by atoms with Gasteiger partial charge in [-0.15, -0.1) is 24.0 Å². The first-order valence-corrected chi connectivity index (χ1v) is 10.5. The Labute approximate surface area is 174 Å². The van der Waals surface area contributed by atoms with Crippen LogP contribution in [0.15, 0.2) is 35.3 Å². The molecule has 1 aromatic carbocycles. The summed E-state index contributed by atoms with van der Waals surface area (Å²) >= 11 is 0. The molecule has 1 heterocycles. The van der Waals surface area contributed by atoms with E-state index in [2.05, 4.69) is 49.1 Å². The van der Waals surface area contributed by atoms with Gasteiger partial charge in [-0.25, -0.2) is 13.1 Å². The molecule has 0 atom stereocenters. The van der Waals surface area contributed by atoms with Crippen LogP contribution in [0.2, 0.25) is 0 Å². The van der Waals surface area contributed by atoms with E-state index >= 15 is 0 Å². The highest BCUT2D eigenvalue weighted by atomic mass is 127. The van der Waals surface area contributed by atoms with Crippen molar-refractivity contribution in [1.29, 1.82) is 0 Å². The monoisotopic (exact) mass is 495 g/mol. The maximum absolute atomic E-state index is 11.5. The summed E-state index contributed by atoms with van der Waals surface area (Å²) < 4.78 is 25.5. The van der Waals surface area contributed by atoms with Gasteiger partial charge in [-0.05, 0) is 26.0 Å². The van der Waals surface area contributed by atoms with Crippen LogP contribution in [-0.4, -0.2) is 70.8 Å². The van der Waals surface area contributed by atoms with E-state index < -0.39 is 10.0 Å². The molecular formula is C17H30IN5O2S. The zero-order valence-electron chi connectivity index (χ0n) is 15.5. The maximum atomic E-state index is 11.5. The molecule has 7 nitrogen and oxygen atoms in total. The van der Waals surface area contributed by atoms with E-state index in [9.17, 15) is 8.42 Å². The van der Waals surface area contributed by atoms with E-state index in [4.69, 9.17) is 0 Å². The molecule has 0 radical (unpaired) electrons. The van der Waals surface area contributed by atoms with Crippen LogP contribution in [-0.2, 0) is 10.0 Å². The van der Waals surface area contributed by atoms with Crippen molar-refractivity contribution in [2.24, 2.45) is 4.99 Å². The second-order valence-electron chi connectivity index (χ2n) is 5.84. The molecule has 26 heavy (non-hydrogen) atoms. The van der Waals surface area contributed by atoms with Gasteiger partial charge in [0.25, 0.3) is 0 Å². The molecule has 1 saturated heterocycles. The Morgan fingerprint density at radius 2 is 1.77 bits per heavy atom. The van der Waals surface area contributed by atoms with Crippen LogP contribution in [0.3, 0.4) is 0 Å². The standard InChI is InChI=1S/C17H29N5O2S.HI/c1-3-18-17(19-10-11-20-25(23,24)4-2)22-14-12-21(13-15-22)16-8-6-5-7-9-16;/h5-9,20H,3-4,10-15H2,1-2H3,(H,18,19);1H. The molecular weight excluding hydrogens is 465 g/mol. The van der Waals surface area contributed by atoms with Crippen LogP contribution >= 0.6 is 24.0 Å². The third kappa shape index (κ3) is 7.28. The van der Waals surface area contributed by atoms with Crippen molar-refractivity contribution in [2.45, 2.75) is 13.8 Å². The van der Waals surface area contributed by atoms with Gasteiger partial charge >= 0.3 is 0 Å². The van der Waals surface area contributed by atoms with Gasteiger partial charge in [0.1, 0.15) is 0 Å². The Morgan fingerprint density at radius 3 is 2.35 bits per heavy atom. The number of nitrogens with zero attached hydrogens (tertiary/aromatic N) is 3. The fraction of sp³-hybridized carbons (Fsp3) is 0.588. The summed E-state index contributed by atoms with van der Waals surface area (Å²) in [5.41, 5.74) is 1.25. The third-order valence-corrected chi connectivity index (χ3v) is 5.51. The second-order valence-corrected chi connectivity index (χ2v) is 7.94. The highest BCUT2D eigenvalue weighted by Gasteiger charge is 2.19. The fourth-order valence-electron chi connectivity index (χ4n) is 2.71. The van der Waals surface area contributed by atoms with Crippen LogP contribution in [0.25, 0.3) is 0 Å². The molecule has 1 aliphatic heterocycles. The van der Waals surface area contributed by atoms with E-state index in [0.29, 0.717) is 13.1 Å².